The predicted molar refractivity (Wildman–Crippen MR) is 133 cm³/mol. The van der Waals surface area contributed by atoms with Gasteiger partial charge in [-0.25, -0.2) is 0 Å². The minimum atomic E-state index is -3.60. The summed E-state index contributed by atoms with van der Waals surface area (Å²) < 4.78 is 22.0. The average molecular weight is 508 g/mol. The second kappa shape index (κ2) is 10.2. The number of hydrogen-bond donors (Lipinski definition) is 1. The number of hydrogen-bond acceptors (Lipinski definition) is 4. The van der Waals surface area contributed by atoms with E-state index in [1.807, 2.05) is 67.5 Å². The highest BCUT2D eigenvalue weighted by molar-refractivity contribution is 9.10. The van der Waals surface area contributed by atoms with Gasteiger partial charge in [-0.05, 0) is 72.6 Å². The number of aliphatic hydroxyl groups excluding tert-OH is 1. The lowest BCUT2D eigenvalue weighted by molar-refractivity contribution is 0.0427. The Morgan fingerprint density at radius 2 is 1.68 bits per heavy atom. The van der Waals surface area contributed by atoms with Crippen LogP contribution in [-0.4, -0.2) is 25.3 Å². The van der Waals surface area contributed by atoms with Crippen LogP contribution in [-0.2, 0) is 9.09 Å². The quantitative estimate of drug-likeness (QED) is 0.429. The molecule has 6 heteroatoms. The van der Waals surface area contributed by atoms with E-state index >= 15 is 0 Å². The van der Waals surface area contributed by atoms with E-state index in [2.05, 4.69) is 36.7 Å². The molecule has 0 bridgehead atoms. The number of benzene rings is 2. The summed E-state index contributed by atoms with van der Waals surface area (Å²) in [6.07, 6.45) is 2.97. The van der Waals surface area contributed by atoms with Crippen LogP contribution in [0.5, 0.6) is 0 Å². The Labute approximate surface area is 195 Å². The van der Waals surface area contributed by atoms with Crippen molar-refractivity contribution in [2.45, 2.75) is 52.0 Å². The fraction of sp³-hybridized carbons (Fsp3) is 0.520. The maximum atomic E-state index is 14.5. The molecule has 0 radical (unpaired) electrons. The minimum absolute atomic E-state index is 0.131. The molecule has 1 fully saturated rings. The number of nitrogens with zero attached hydrogens (tertiary/aromatic N) is 1. The summed E-state index contributed by atoms with van der Waals surface area (Å²) in [6, 6.07) is 14.9. The Bertz CT molecular complexity index is 898. The SMILES string of the molecule is CC(C)[C@@H]1CC[C@H](C)C[C@H]1O[P@@](=O)(c1ccc(N(C)C)cc1)[C@H](O)c1ccc(Br)cc1. The molecule has 0 unspecified atom stereocenters. The van der Waals surface area contributed by atoms with Crippen molar-refractivity contribution >= 4 is 34.3 Å². The molecule has 1 N–H and O–H groups in total. The second-order valence-electron chi connectivity index (χ2n) is 9.40. The first-order chi connectivity index (χ1) is 14.6. The van der Waals surface area contributed by atoms with E-state index in [0.29, 0.717) is 28.6 Å². The second-order valence-corrected chi connectivity index (χ2v) is 12.7. The van der Waals surface area contributed by atoms with E-state index < -0.39 is 13.2 Å². The highest BCUT2D eigenvalue weighted by Gasteiger charge is 2.42. The molecule has 0 aromatic heterocycles. The maximum absolute atomic E-state index is 14.5. The Kier molecular flexibility index (Phi) is 8.07. The van der Waals surface area contributed by atoms with Crippen molar-refractivity contribution < 1.29 is 14.2 Å². The molecule has 0 spiro atoms. The summed E-state index contributed by atoms with van der Waals surface area (Å²) >= 11 is 3.43. The summed E-state index contributed by atoms with van der Waals surface area (Å²) in [5.41, 5.74) is 1.62. The van der Waals surface area contributed by atoms with Crippen LogP contribution in [0.4, 0.5) is 5.69 Å². The first-order valence-corrected chi connectivity index (χ1v) is 13.6. The molecule has 0 aliphatic heterocycles. The van der Waals surface area contributed by atoms with Crippen LogP contribution >= 0.6 is 23.3 Å². The molecular formula is C25H35BrNO3P. The third kappa shape index (κ3) is 5.63. The number of rotatable bonds is 7. The largest absolute Gasteiger partial charge is 0.378 e. The van der Waals surface area contributed by atoms with Crippen molar-refractivity contribution in [2.24, 2.45) is 17.8 Å². The smallest absolute Gasteiger partial charge is 0.264 e. The normalized spacial score (nSPS) is 24.6. The van der Waals surface area contributed by atoms with Gasteiger partial charge in [0.2, 0.25) is 0 Å². The Balaban J connectivity index is 2.02. The van der Waals surface area contributed by atoms with Crippen LogP contribution in [0.3, 0.4) is 0 Å². The maximum Gasteiger partial charge on any atom is 0.264 e. The van der Waals surface area contributed by atoms with Gasteiger partial charge >= 0.3 is 0 Å². The van der Waals surface area contributed by atoms with Gasteiger partial charge in [-0.2, -0.15) is 0 Å². The first-order valence-electron chi connectivity index (χ1n) is 11.1. The number of aliphatic hydroxyl groups is 1. The van der Waals surface area contributed by atoms with Crippen LogP contribution in [0, 0.1) is 17.8 Å². The van der Waals surface area contributed by atoms with Crippen molar-refractivity contribution in [2.75, 3.05) is 19.0 Å². The topological polar surface area (TPSA) is 49.8 Å². The molecule has 0 saturated heterocycles. The third-order valence-corrected chi connectivity index (χ3v) is 9.54. The highest BCUT2D eigenvalue weighted by Crippen LogP contribution is 2.60. The van der Waals surface area contributed by atoms with Crippen molar-refractivity contribution in [3.8, 4) is 0 Å². The Hall–Kier alpha value is -1.13. The van der Waals surface area contributed by atoms with E-state index in [4.69, 9.17) is 4.52 Å². The third-order valence-electron chi connectivity index (χ3n) is 6.47. The summed E-state index contributed by atoms with van der Waals surface area (Å²) in [5, 5.41) is 11.9. The molecule has 0 heterocycles. The summed E-state index contributed by atoms with van der Waals surface area (Å²) in [4.78, 5) is 2.00. The van der Waals surface area contributed by atoms with Gasteiger partial charge in [0.1, 0.15) is 0 Å². The molecular weight excluding hydrogens is 473 g/mol. The Morgan fingerprint density at radius 1 is 1.06 bits per heavy atom. The molecule has 170 valence electrons. The molecule has 31 heavy (non-hydrogen) atoms. The van der Waals surface area contributed by atoms with Gasteiger partial charge in [0.25, 0.3) is 7.37 Å². The molecule has 5 atom stereocenters. The van der Waals surface area contributed by atoms with Gasteiger partial charge in [-0.15, -0.1) is 0 Å². The van der Waals surface area contributed by atoms with Crippen molar-refractivity contribution in [3.05, 3.63) is 58.6 Å². The number of halogens is 1. The fourth-order valence-corrected chi connectivity index (χ4v) is 7.04. The van der Waals surface area contributed by atoms with Crippen LogP contribution < -0.4 is 10.2 Å². The molecule has 2 aromatic rings. The van der Waals surface area contributed by atoms with Gasteiger partial charge in [0.05, 0.1) is 6.10 Å². The molecule has 1 aliphatic carbocycles. The molecule has 0 amide bonds. The van der Waals surface area contributed by atoms with Crippen molar-refractivity contribution in [1.82, 2.24) is 0 Å². The lowest BCUT2D eigenvalue weighted by atomic mass is 9.75. The standard InChI is InChI=1S/C25H35BrNO3P/c1-17(2)23-15-6-18(3)16-24(23)30-31(29,22-13-11-21(12-14-22)27(4)5)25(28)19-7-9-20(26)10-8-19/h7-14,17-18,23-25,28H,6,15-16H2,1-5H3/t18-,23-,24+,25-,31-/m0/s1. The van der Waals surface area contributed by atoms with Crippen LogP contribution in [0.15, 0.2) is 53.0 Å². The number of anilines is 1. The van der Waals surface area contributed by atoms with E-state index in [-0.39, 0.29) is 6.10 Å². The zero-order valence-corrected chi connectivity index (χ0v) is 21.6. The highest BCUT2D eigenvalue weighted by atomic mass is 79.9. The molecule has 4 nitrogen and oxygen atoms in total. The van der Waals surface area contributed by atoms with E-state index in [1.165, 1.54) is 6.42 Å². The van der Waals surface area contributed by atoms with E-state index in [9.17, 15) is 9.67 Å². The molecule has 3 rings (SSSR count). The lowest BCUT2D eigenvalue weighted by Gasteiger charge is -2.40. The summed E-state index contributed by atoms with van der Waals surface area (Å²) in [6.45, 7) is 6.65. The Morgan fingerprint density at radius 3 is 2.23 bits per heavy atom. The molecule has 2 aromatic carbocycles. The van der Waals surface area contributed by atoms with Crippen LogP contribution in [0.25, 0.3) is 0 Å². The van der Waals surface area contributed by atoms with Crippen LogP contribution in [0.2, 0.25) is 0 Å². The summed E-state index contributed by atoms with van der Waals surface area (Å²) in [5.74, 6) is 0.0832. The minimum Gasteiger partial charge on any atom is -0.378 e. The van der Waals surface area contributed by atoms with E-state index in [1.54, 1.807) is 0 Å². The van der Waals surface area contributed by atoms with Gasteiger partial charge in [-0.1, -0.05) is 55.3 Å². The van der Waals surface area contributed by atoms with Crippen LogP contribution in [0.1, 0.15) is 51.4 Å². The molecule has 1 aliphatic rings. The van der Waals surface area contributed by atoms with Gasteiger partial charge in [-0.3, -0.25) is 4.57 Å². The summed E-state index contributed by atoms with van der Waals surface area (Å²) in [7, 11) is 0.341. The van der Waals surface area contributed by atoms with Gasteiger partial charge in [0.15, 0.2) is 5.85 Å². The lowest BCUT2D eigenvalue weighted by Crippen LogP contribution is -2.35. The van der Waals surface area contributed by atoms with Crippen molar-refractivity contribution in [3.63, 3.8) is 0 Å². The molecule has 1 saturated carbocycles. The van der Waals surface area contributed by atoms with Gasteiger partial charge < -0.3 is 14.5 Å². The fourth-order valence-electron chi connectivity index (χ4n) is 4.49. The zero-order chi connectivity index (χ0) is 22.8. The van der Waals surface area contributed by atoms with Gasteiger partial charge in [0, 0.05) is 29.6 Å². The predicted octanol–water partition coefficient (Wildman–Crippen LogP) is 6.59. The van der Waals surface area contributed by atoms with E-state index in [0.717, 1.165) is 23.0 Å². The van der Waals surface area contributed by atoms with Crippen molar-refractivity contribution in [1.29, 1.82) is 0 Å². The monoisotopic (exact) mass is 507 g/mol. The zero-order valence-electron chi connectivity index (χ0n) is 19.2. The first kappa shape index (κ1) is 24.5. The average Bonchev–Trinajstić information content (AvgIpc) is 2.73.